The average molecular weight is 173 g/mol. The lowest BCUT2D eigenvalue weighted by Crippen LogP contribution is -2.48. The highest BCUT2D eigenvalue weighted by Crippen LogP contribution is 2.26. The molecule has 0 saturated carbocycles. The van der Waals surface area contributed by atoms with Gasteiger partial charge in [-0.3, -0.25) is 0 Å². The van der Waals surface area contributed by atoms with Crippen LogP contribution in [-0.2, 0) is 0 Å². The minimum absolute atomic E-state index is 0.305. The number of hydrogen-bond donors (Lipinski definition) is 1. The average Bonchev–Trinajstić information content (AvgIpc) is 1.84. The first kappa shape index (κ1) is 11.9. The van der Waals surface area contributed by atoms with Gasteiger partial charge in [0, 0.05) is 6.54 Å². The van der Waals surface area contributed by atoms with Gasteiger partial charge in [0.15, 0.2) is 0 Å². The maximum atomic E-state index is 10.3. The van der Waals surface area contributed by atoms with E-state index >= 15 is 0 Å². The van der Waals surface area contributed by atoms with E-state index in [1.807, 2.05) is 19.0 Å². The molecule has 74 valence electrons. The molecule has 0 rings (SSSR count). The van der Waals surface area contributed by atoms with E-state index in [2.05, 4.69) is 27.7 Å². The Labute approximate surface area is 76.6 Å². The number of rotatable bonds is 4. The second-order valence-electron chi connectivity index (χ2n) is 4.54. The molecule has 0 fully saturated rings. The zero-order valence-electron chi connectivity index (χ0n) is 9.26. The van der Waals surface area contributed by atoms with Gasteiger partial charge >= 0.3 is 0 Å². The van der Waals surface area contributed by atoms with E-state index < -0.39 is 5.60 Å². The molecular weight excluding hydrogens is 150 g/mol. The van der Waals surface area contributed by atoms with Crippen LogP contribution in [0.25, 0.3) is 0 Å². The standard InChI is InChI=1S/C10H23NO/c1-8(2)10(12,9(3)4)7-11(5)6/h8-9,12H,7H2,1-6H3. The summed E-state index contributed by atoms with van der Waals surface area (Å²) in [6.07, 6.45) is 0. The molecule has 0 aliphatic carbocycles. The number of hydrogen-bond acceptors (Lipinski definition) is 2. The zero-order chi connectivity index (χ0) is 9.94. The van der Waals surface area contributed by atoms with Gasteiger partial charge in [-0.1, -0.05) is 27.7 Å². The molecule has 0 amide bonds. The second kappa shape index (κ2) is 4.24. The fourth-order valence-corrected chi connectivity index (χ4v) is 1.54. The molecule has 0 aliphatic heterocycles. The predicted octanol–water partition coefficient (Wildman–Crippen LogP) is 1.59. The molecule has 0 heterocycles. The minimum atomic E-state index is -0.552. The second-order valence-corrected chi connectivity index (χ2v) is 4.54. The smallest absolute Gasteiger partial charge is 0.0819 e. The van der Waals surface area contributed by atoms with Gasteiger partial charge in [0.05, 0.1) is 5.60 Å². The van der Waals surface area contributed by atoms with Gasteiger partial charge in [-0.15, -0.1) is 0 Å². The third-order valence-electron chi connectivity index (χ3n) is 2.57. The minimum Gasteiger partial charge on any atom is -0.388 e. The molecule has 12 heavy (non-hydrogen) atoms. The van der Waals surface area contributed by atoms with Crippen LogP contribution in [0.15, 0.2) is 0 Å². The molecule has 0 aromatic carbocycles. The molecule has 1 N–H and O–H groups in total. The van der Waals surface area contributed by atoms with Gasteiger partial charge in [0.1, 0.15) is 0 Å². The van der Waals surface area contributed by atoms with Gasteiger partial charge in [-0.25, -0.2) is 0 Å². The van der Waals surface area contributed by atoms with Crippen molar-refractivity contribution < 1.29 is 5.11 Å². The molecule has 2 nitrogen and oxygen atoms in total. The van der Waals surface area contributed by atoms with Gasteiger partial charge in [0.2, 0.25) is 0 Å². The van der Waals surface area contributed by atoms with Crippen molar-refractivity contribution in [2.24, 2.45) is 11.8 Å². The Morgan fingerprint density at radius 2 is 1.42 bits per heavy atom. The normalized spacial score (nSPS) is 13.5. The van der Waals surface area contributed by atoms with E-state index in [1.165, 1.54) is 0 Å². The Hall–Kier alpha value is -0.0800. The lowest BCUT2D eigenvalue weighted by molar-refractivity contribution is -0.0631. The third kappa shape index (κ3) is 2.76. The molecule has 0 saturated heterocycles. The van der Waals surface area contributed by atoms with Crippen LogP contribution in [-0.4, -0.2) is 36.2 Å². The van der Waals surface area contributed by atoms with Crippen LogP contribution in [0, 0.1) is 11.8 Å². The van der Waals surface area contributed by atoms with Crippen molar-refractivity contribution in [2.45, 2.75) is 33.3 Å². The maximum Gasteiger partial charge on any atom is 0.0819 e. The van der Waals surface area contributed by atoms with Gasteiger partial charge in [0.25, 0.3) is 0 Å². The highest BCUT2D eigenvalue weighted by molar-refractivity contribution is 4.87. The summed E-state index contributed by atoms with van der Waals surface area (Å²) in [5, 5.41) is 10.3. The molecule has 0 aromatic heterocycles. The molecular formula is C10H23NO. The molecule has 0 atom stereocenters. The van der Waals surface area contributed by atoms with E-state index in [9.17, 15) is 5.11 Å². The maximum absolute atomic E-state index is 10.3. The fourth-order valence-electron chi connectivity index (χ4n) is 1.54. The first-order valence-corrected chi connectivity index (χ1v) is 4.67. The highest BCUT2D eigenvalue weighted by atomic mass is 16.3. The molecule has 2 heteroatoms. The number of likely N-dealkylation sites (N-methyl/N-ethyl adjacent to an activating group) is 1. The summed E-state index contributed by atoms with van der Waals surface area (Å²) in [5.74, 6) is 0.611. The summed E-state index contributed by atoms with van der Waals surface area (Å²) in [6, 6.07) is 0. The van der Waals surface area contributed by atoms with E-state index in [-0.39, 0.29) is 0 Å². The summed E-state index contributed by atoms with van der Waals surface area (Å²) in [5.41, 5.74) is -0.552. The lowest BCUT2D eigenvalue weighted by Gasteiger charge is -2.38. The van der Waals surface area contributed by atoms with Crippen molar-refractivity contribution in [3.05, 3.63) is 0 Å². The van der Waals surface area contributed by atoms with Crippen molar-refractivity contribution in [3.8, 4) is 0 Å². The van der Waals surface area contributed by atoms with Crippen LogP contribution in [0.3, 0.4) is 0 Å². The fraction of sp³-hybridized carbons (Fsp3) is 1.00. The molecule has 0 aliphatic rings. The molecule has 0 aromatic rings. The van der Waals surface area contributed by atoms with E-state index in [1.54, 1.807) is 0 Å². The Kier molecular flexibility index (Phi) is 4.21. The van der Waals surface area contributed by atoms with Crippen LogP contribution in [0.1, 0.15) is 27.7 Å². The van der Waals surface area contributed by atoms with Gasteiger partial charge in [-0.2, -0.15) is 0 Å². The first-order valence-electron chi connectivity index (χ1n) is 4.67. The third-order valence-corrected chi connectivity index (χ3v) is 2.57. The van der Waals surface area contributed by atoms with Crippen molar-refractivity contribution in [2.75, 3.05) is 20.6 Å². The number of nitrogens with zero attached hydrogens (tertiary/aromatic N) is 1. The highest BCUT2D eigenvalue weighted by Gasteiger charge is 2.34. The Morgan fingerprint density at radius 3 is 1.50 bits per heavy atom. The summed E-state index contributed by atoms with van der Waals surface area (Å²) in [7, 11) is 3.99. The topological polar surface area (TPSA) is 23.5 Å². The van der Waals surface area contributed by atoms with Crippen LogP contribution in [0.5, 0.6) is 0 Å². The molecule has 0 unspecified atom stereocenters. The van der Waals surface area contributed by atoms with Crippen molar-refractivity contribution in [1.82, 2.24) is 4.90 Å². The predicted molar refractivity (Wildman–Crippen MR) is 53.2 cm³/mol. The van der Waals surface area contributed by atoms with E-state index in [4.69, 9.17) is 0 Å². The molecule has 0 spiro atoms. The summed E-state index contributed by atoms with van der Waals surface area (Å²) in [6.45, 7) is 9.03. The SMILES string of the molecule is CC(C)C(O)(CN(C)C)C(C)C. The van der Waals surface area contributed by atoms with Crippen molar-refractivity contribution >= 4 is 0 Å². The Bertz CT molecular complexity index is 122. The Morgan fingerprint density at radius 1 is 1.08 bits per heavy atom. The number of aliphatic hydroxyl groups is 1. The van der Waals surface area contributed by atoms with Gasteiger partial charge < -0.3 is 10.0 Å². The van der Waals surface area contributed by atoms with Crippen LogP contribution < -0.4 is 0 Å². The monoisotopic (exact) mass is 173 g/mol. The summed E-state index contributed by atoms with van der Waals surface area (Å²) in [4.78, 5) is 2.04. The zero-order valence-corrected chi connectivity index (χ0v) is 9.26. The van der Waals surface area contributed by atoms with Crippen LogP contribution in [0.2, 0.25) is 0 Å². The van der Waals surface area contributed by atoms with Crippen molar-refractivity contribution in [3.63, 3.8) is 0 Å². The first-order chi connectivity index (χ1) is 5.30. The largest absolute Gasteiger partial charge is 0.388 e. The van der Waals surface area contributed by atoms with E-state index in [0.717, 1.165) is 6.54 Å². The van der Waals surface area contributed by atoms with Gasteiger partial charge in [-0.05, 0) is 25.9 Å². The Balaban J connectivity index is 4.40. The lowest BCUT2D eigenvalue weighted by atomic mass is 9.80. The molecule has 0 bridgehead atoms. The van der Waals surface area contributed by atoms with E-state index in [0.29, 0.717) is 11.8 Å². The van der Waals surface area contributed by atoms with Crippen LogP contribution >= 0.6 is 0 Å². The molecule has 0 radical (unpaired) electrons. The van der Waals surface area contributed by atoms with Crippen molar-refractivity contribution in [1.29, 1.82) is 0 Å². The quantitative estimate of drug-likeness (QED) is 0.698. The summed E-state index contributed by atoms with van der Waals surface area (Å²) < 4.78 is 0. The summed E-state index contributed by atoms with van der Waals surface area (Å²) >= 11 is 0. The van der Waals surface area contributed by atoms with Crippen LogP contribution in [0.4, 0.5) is 0 Å².